The third-order valence-electron chi connectivity index (χ3n) is 5.58. The summed E-state index contributed by atoms with van der Waals surface area (Å²) in [6.45, 7) is 2.88. The number of hydrogen-bond donors (Lipinski definition) is 1. The van der Waals surface area contributed by atoms with E-state index < -0.39 is 0 Å². The van der Waals surface area contributed by atoms with Crippen LogP contribution in [0.1, 0.15) is 5.56 Å². The van der Waals surface area contributed by atoms with Gasteiger partial charge in [0.15, 0.2) is 5.82 Å². The van der Waals surface area contributed by atoms with E-state index >= 15 is 0 Å². The molecule has 5 rings (SSSR count). The summed E-state index contributed by atoms with van der Waals surface area (Å²) in [6, 6.07) is 15.9. The maximum Gasteiger partial charge on any atom is 0.227 e. The zero-order chi connectivity index (χ0) is 20.3. The summed E-state index contributed by atoms with van der Waals surface area (Å²) in [5.41, 5.74) is 3.87. The number of aromatic nitrogens is 4. The topological polar surface area (TPSA) is 78.0 Å². The molecule has 150 valence electrons. The number of nitrogens with one attached hydrogen (secondary N) is 1. The first-order chi connectivity index (χ1) is 14.8. The molecule has 1 N–H and O–H groups in total. The Morgan fingerprint density at radius 3 is 2.60 bits per heavy atom. The second-order valence-corrected chi connectivity index (χ2v) is 7.42. The number of anilines is 1. The van der Waals surface area contributed by atoms with E-state index in [0.717, 1.165) is 46.6 Å². The Balaban J connectivity index is 1.20. The molecule has 1 aliphatic rings. The lowest BCUT2D eigenvalue weighted by molar-refractivity contribution is -0.130. The van der Waals surface area contributed by atoms with Gasteiger partial charge < -0.3 is 14.8 Å². The van der Waals surface area contributed by atoms with Crippen molar-refractivity contribution in [1.82, 2.24) is 25.1 Å². The smallest absolute Gasteiger partial charge is 0.227 e. The van der Waals surface area contributed by atoms with Crippen molar-refractivity contribution in [2.45, 2.75) is 6.42 Å². The fourth-order valence-electron chi connectivity index (χ4n) is 3.90. The molecule has 1 fully saturated rings. The normalized spacial score (nSPS) is 14.3. The molecular formula is C23H22N6O. The number of fused-ring (bicyclic) bond motifs is 1. The van der Waals surface area contributed by atoms with Crippen LogP contribution in [0, 0.1) is 0 Å². The Bertz CT molecular complexity index is 1150. The van der Waals surface area contributed by atoms with Gasteiger partial charge in [0, 0.05) is 61.2 Å². The molecule has 4 heterocycles. The van der Waals surface area contributed by atoms with Crippen LogP contribution < -0.4 is 4.90 Å². The van der Waals surface area contributed by atoms with Crippen LogP contribution in [-0.4, -0.2) is 57.2 Å². The number of rotatable bonds is 4. The van der Waals surface area contributed by atoms with E-state index in [1.54, 1.807) is 12.4 Å². The molecule has 7 heteroatoms. The van der Waals surface area contributed by atoms with Crippen molar-refractivity contribution in [3.05, 3.63) is 72.7 Å². The minimum Gasteiger partial charge on any atom is -0.361 e. The average Bonchev–Trinajstić information content (AvgIpc) is 3.23. The molecule has 0 unspecified atom stereocenters. The van der Waals surface area contributed by atoms with Crippen LogP contribution in [0.15, 0.2) is 67.1 Å². The Labute approximate surface area is 174 Å². The van der Waals surface area contributed by atoms with Gasteiger partial charge in [-0.15, -0.1) is 10.2 Å². The first-order valence-corrected chi connectivity index (χ1v) is 10.1. The van der Waals surface area contributed by atoms with Gasteiger partial charge in [-0.05, 0) is 35.9 Å². The SMILES string of the molecule is O=C(Cc1c[nH]c2ccccc12)N1CCN(c2ccc(-c3cccnc3)nn2)CC1. The van der Waals surface area contributed by atoms with Gasteiger partial charge in [-0.25, -0.2) is 0 Å². The molecule has 0 aliphatic carbocycles. The number of amides is 1. The van der Waals surface area contributed by atoms with Gasteiger partial charge in [0.25, 0.3) is 0 Å². The van der Waals surface area contributed by atoms with Crippen LogP contribution in [0.2, 0.25) is 0 Å². The molecule has 30 heavy (non-hydrogen) atoms. The van der Waals surface area contributed by atoms with E-state index in [2.05, 4.69) is 31.1 Å². The van der Waals surface area contributed by atoms with Crippen molar-refractivity contribution in [3.8, 4) is 11.3 Å². The summed E-state index contributed by atoms with van der Waals surface area (Å²) in [4.78, 5) is 24.3. The fourth-order valence-corrected chi connectivity index (χ4v) is 3.90. The number of aromatic amines is 1. The summed E-state index contributed by atoms with van der Waals surface area (Å²) in [5.74, 6) is 1.00. The molecule has 1 amide bonds. The van der Waals surface area contributed by atoms with Crippen molar-refractivity contribution in [1.29, 1.82) is 0 Å². The summed E-state index contributed by atoms with van der Waals surface area (Å²) in [6.07, 6.45) is 5.88. The van der Waals surface area contributed by atoms with Crippen molar-refractivity contribution in [2.75, 3.05) is 31.1 Å². The van der Waals surface area contributed by atoms with Gasteiger partial charge in [-0.3, -0.25) is 9.78 Å². The van der Waals surface area contributed by atoms with Crippen LogP contribution in [0.3, 0.4) is 0 Å². The number of pyridine rings is 1. The van der Waals surface area contributed by atoms with Crippen LogP contribution in [-0.2, 0) is 11.2 Å². The van der Waals surface area contributed by atoms with Crippen LogP contribution in [0.4, 0.5) is 5.82 Å². The standard InChI is InChI=1S/C23H22N6O/c30-23(14-18-16-25-21-6-2-1-5-19(18)21)29-12-10-28(11-13-29)22-8-7-20(26-27-22)17-4-3-9-24-15-17/h1-9,15-16,25H,10-14H2. The van der Waals surface area contributed by atoms with E-state index in [4.69, 9.17) is 0 Å². The van der Waals surface area contributed by atoms with Gasteiger partial charge >= 0.3 is 0 Å². The second-order valence-electron chi connectivity index (χ2n) is 7.42. The molecule has 0 saturated carbocycles. The van der Waals surface area contributed by atoms with Gasteiger partial charge in [-0.2, -0.15) is 0 Å². The molecular weight excluding hydrogens is 376 g/mol. The van der Waals surface area contributed by atoms with Crippen LogP contribution >= 0.6 is 0 Å². The molecule has 0 bridgehead atoms. The second kappa shape index (κ2) is 7.94. The van der Waals surface area contributed by atoms with E-state index in [-0.39, 0.29) is 5.91 Å². The van der Waals surface area contributed by atoms with Crippen molar-refractivity contribution >= 4 is 22.6 Å². The highest BCUT2D eigenvalue weighted by molar-refractivity contribution is 5.89. The summed E-state index contributed by atoms with van der Waals surface area (Å²) < 4.78 is 0. The maximum atomic E-state index is 12.8. The molecule has 7 nitrogen and oxygen atoms in total. The van der Waals surface area contributed by atoms with Gasteiger partial charge in [0.1, 0.15) is 0 Å². The molecule has 1 aromatic carbocycles. The van der Waals surface area contributed by atoms with Gasteiger partial charge in [0.2, 0.25) is 5.91 Å². The highest BCUT2D eigenvalue weighted by Crippen LogP contribution is 2.21. The van der Waals surface area contributed by atoms with Crippen molar-refractivity contribution in [2.24, 2.45) is 0 Å². The van der Waals surface area contributed by atoms with Crippen molar-refractivity contribution < 1.29 is 4.79 Å². The lowest BCUT2D eigenvalue weighted by Gasteiger charge is -2.35. The van der Waals surface area contributed by atoms with Crippen LogP contribution in [0.25, 0.3) is 22.2 Å². The summed E-state index contributed by atoms with van der Waals surface area (Å²) >= 11 is 0. The number of H-pyrrole nitrogens is 1. The Kier molecular flexibility index (Phi) is 4.85. The summed E-state index contributed by atoms with van der Waals surface area (Å²) in [7, 11) is 0. The average molecular weight is 398 g/mol. The number of carbonyl (C=O) groups excluding carboxylic acids is 1. The molecule has 4 aromatic rings. The molecule has 3 aromatic heterocycles. The van der Waals surface area contributed by atoms with Gasteiger partial charge in [-0.1, -0.05) is 18.2 Å². The number of piperazine rings is 1. The van der Waals surface area contributed by atoms with Gasteiger partial charge in [0.05, 0.1) is 12.1 Å². The maximum absolute atomic E-state index is 12.8. The van der Waals surface area contributed by atoms with E-state index in [9.17, 15) is 4.79 Å². The Hall–Kier alpha value is -3.74. The predicted octanol–water partition coefficient (Wildman–Crippen LogP) is 2.91. The number of nitrogens with zero attached hydrogens (tertiary/aromatic N) is 5. The minimum absolute atomic E-state index is 0.164. The largest absolute Gasteiger partial charge is 0.361 e. The Morgan fingerprint density at radius 1 is 0.967 bits per heavy atom. The van der Waals surface area contributed by atoms with Crippen molar-refractivity contribution in [3.63, 3.8) is 0 Å². The molecule has 1 aliphatic heterocycles. The fraction of sp³-hybridized carbons (Fsp3) is 0.217. The number of hydrogen-bond acceptors (Lipinski definition) is 5. The third kappa shape index (κ3) is 3.61. The highest BCUT2D eigenvalue weighted by atomic mass is 16.2. The van der Waals surface area contributed by atoms with E-state index in [0.29, 0.717) is 19.5 Å². The zero-order valence-corrected chi connectivity index (χ0v) is 16.5. The van der Waals surface area contributed by atoms with Crippen LogP contribution in [0.5, 0.6) is 0 Å². The summed E-state index contributed by atoms with van der Waals surface area (Å²) in [5, 5.41) is 9.84. The molecule has 0 radical (unpaired) electrons. The monoisotopic (exact) mass is 398 g/mol. The lowest BCUT2D eigenvalue weighted by atomic mass is 10.1. The first-order valence-electron chi connectivity index (χ1n) is 10.1. The minimum atomic E-state index is 0.164. The number of carbonyl (C=O) groups is 1. The van der Waals surface area contributed by atoms with E-state index in [1.165, 1.54) is 0 Å². The lowest BCUT2D eigenvalue weighted by Crippen LogP contribution is -2.49. The highest BCUT2D eigenvalue weighted by Gasteiger charge is 2.23. The predicted molar refractivity (Wildman–Crippen MR) is 116 cm³/mol. The molecule has 0 atom stereocenters. The zero-order valence-electron chi connectivity index (χ0n) is 16.5. The Morgan fingerprint density at radius 2 is 1.83 bits per heavy atom. The number of para-hydroxylation sites is 1. The molecule has 0 spiro atoms. The molecule has 1 saturated heterocycles. The quantitative estimate of drug-likeness (QED) is 0.572. The van der Waals surface area contributed by atoms with E-state index in [1.807, 2.05) is 53.6 Å². The first kappa shape index (κ1) is 18.3. The number of benzene rings is 1. The third-order valence-corrected chi connectivity index (χ3v) is 5.58.